The van der Waals surface area contributed by atoms with Gasteiger partial charge in [-0.25, -0.2) is 12.8 Å². The Morgan fingerprint density at radius 1 is 1.15 bits per heavy atom. The molecule has 0 spiro atoms. The standard InChI is InChI=1S/C20H20FNO3S/c1-5-6-15-11-17-13(2)20(14-7-9-16(21)10-8-14)25-19(17)12-18(15)22(3)26(4,23)24/h5-12H,1-4H3/b6-5+. The smallest absolute Gasteiger partial charge is 0.232 e. The fourth-order valence-corrected chi connectivity index (χ4v) is 3.43. The maximum atomic E-state index is 13.2. The van der Waals surface area contributed by atoms with Gasteiger partial charge in [-0.2, -0.15) is 0 Å². The Balaban J connectivity index is 2.26. The van der Waals surface area contributed by atoms with Crippen LogP contribution in [0.15, 0.2) is 46.9 Å². The monoisotopic (exact) mass is 373 g/mol. The van der Waals surface area contributed by atoms with Crippen molar-refractivity contribution < 1.29 is 17.2 Å². The maximum Gasteiger partial charge on any atom is 0.232 e. The third-order valence-electron chi connectivity index (χ3n) is 4.37. The number of hydrogen-bond acceptors (Lipinski definition) is 3. The molecule has 26 heavy (non-hydrogen) atoms. The number of benzene rings is 2. The summed E-state index contributed by atoms with van der Waals surface area (Å²) in [4.78, 5) is 0. The van der Waals surface area contributed by atoms with Crippen molar-refractivity contribution in [1.29, 1.82) is 0 Å². The molecule has 0 unspecified atom stereocenters. The Morgan fingerprint density at radius 2 is 1.81 bits per heavy atom. The van der Waals surface area contributed by atoms with Gasteiger partial charge >= 0.3 is 0 Å². The van der Waals surface area contributed by atoms with E-state index in [0.29, 0.717) is 17.0 Å². The first-order chi connectivity index (χ1) is 12.2. The topological polar surface area (TPSA) is 50.5 Å². The number of sulfonamides is 1. The quantitative estimate of drug-likeness (QED) is 0.648. The first-order valence-corrected chi connectivity index (χ1v) is 9.97. The summed E-state index contributed by atoms with van der Waals surface area (Å²) in [7, 11) is -1.90. The summed E-state index contributed by atoms with van der Waals surface area (Å²) in [6.45, 7) is 3.81. The number of aryl methyl sites for hydroxylation is 1. The number of hydrogen-bond donors (Lipinski definition) is 0. The Morgan fingerprint density at radius 3 is 2.38 bits per heavy atom. The van der Waals surface area contributed by atoms with E-state index in [9.17, 15) is 12.8 Å². The van der Waals surface area contributed by atoms with Crippen LogP contribution in [0.1, 0.15) is 18.1 Å². The van der Waals surface area contributed by atoms with Crippen molar-refractivity contribution in [3.8, 4) is 11.3 Å². The first-order valence-electron chi connectivity index (χ1n) is 8.12. The lowest BCUT2D eigenvalue weighted by molar-refractivity contribution is 0.600. The molecule has 1 aromatic heterocycles. The van der Waals surface area contributed by atoms with E-state index in [4.69, 9.17) is 4.42 Å². The number of rotatable bonds is 4. The Hall–Kier alpha value is -2.60. The van der Waals surface area contributed by atoms with E-state index in [-0.39, 0.29) is 5.82 Å². The maximum absolute atomic E-state index is 13.2. The van der Waals surface area contributed by atoms with Crippen LogP contribution in [0.4, 0.5) is 10.1 Å². The lowest BCUT2D eigenvalue weighted by atomic mass is 10.0. The van der Waals surface area contributed by atoms with Gasteiger partial charge in [-0.1, -0.05) is 12.2 Å². The molecule has 6 heteroatoms. The second-order valence-electron chi connectivity index (χ2n) is 6.20. The van der Waals surface area contributed by atoms with Crippen molar-refractivity contribution in [3.05, 3.63) is 59.4 Å². The van der Waals surface area contributed by atoms with E-state index in [1.807, 2.05) is 32.1 Å². The summed E-state index contributed by atoms with van der Waals surface area (Å²) < 4.78 is 44.4. The molecule has 3 aromatic rings. The highest BCUT2D eigenvalue weighted by atomic mass is 32.2. The van der Waals surface area contributed by atoms with Crippen molar-refractivity contribution >= 4 is 32.8 Å². The van der Waals surface area contributed by atoms with E-state index in [1.165, 1.54) is 23.5 Å². The van der Waals surface area contributed by atoms with Crippen molar-refractivity contribution in [2.24, 2.45) is 0 Å². The first kappa shape index (κ1) is 18.2. The summed E-state index contributed by atoms with van der Waals surface area (Å²) in [5, 5.41) is 0.892. The van der Waals surface area contributed by atoms with Crippen LogP contribution in [-0.2, 0) is 10.0 Å². The van der Waals surface area contributed by atoms with Crippen LogP contribution in [-0.4, -0.2) is 21.7 Å². The van der Waals surface area contributed by atoms with Crippen molar-refractivity contribution in [2.45, 2.75) is 13.8 Å². The highest BCUT2D eigenvalue weighted by Crippen LogP contribution is 2.37. The van der Waals surface area contributed by atoms with Gasteiger partial charge in [0.25, 0.3) is 0 Å². The van der Waals surface area contributed by atoms with E-state index in [1.54, 1.807) is 18.2 Å². The number of furan rings is 1. The fourth-order valence-electron chi connectivity index (χ4n) is 2.91. The van der Waals surface area contributed by atoms with Gasteiger partial charge in [0.1, 0.15) is 17.2 Å². The van der Waals surface area contributed by atoms with Crippen LogP contribution in [0.5, 0.6) is 0 Å². The summed E-state index contributed by atoms with van der Waals surface area (Å²) in [6, 6.07) is 9.74. The molecule has 0 saturated carbocycles. The molecule has 0 bridgehead atoms. The highest BCUT2D eigenvalue weighted by Gasteiger charge is 2.19. The predicted molar refractivity (Wildman–Crippen MR) is 104 cm³/mol. The van der Waals surface area contributed by atoms with Crippen LogP contribution >= 0.6 is 0 Å². The molecular weight excluding hydrogens is 353 g/mol. The molecule has 0 amide bonds. The second-order valence-corrected chi connectivity index (χ2v) is 8.21. The van der Waals surface area contributed by atoms with Gasteiger partial charge in [0, 0.05) is 29.6 Å². The molecule has 0 N–H and O–H groups in total. The second kappa shape index (κ2) is 6.61. The van der Waals surface area contributed by atoms with E-state index < -0.39 is 10.0 Å². The van der Waals surface area contributed by atoms with Gasteiger partial charge in [0.05, 0.1) is 11.9 Å². The van der Waals surface area contributed by atoms with Gasteiger partial charge in [-0.15, -0.1) is 0 Å². The average molecular weight is 373 g/mol. The summed E-state index contributed by atoms with van der Waals surface area (Å²) in [6.07, 6.45) is 4.88. The SMILES string of the molecule is C/C=C/c1cc2c(C)c(-c3ccc(F)cc3)oc2cc1N(C)S(C)(=O)=O. The molecule has 0 aliphatic carbocycles. The minimum Gasteiger partial charge on any atom is -0.456 e. The van der Waals surface area contributed by atoms with Crippen LogP contribution in [0.3, 0.4) is 0 Å². The number of allylic oxidation sites excluding steroid dienone is 1. The average Bonchev–Trinajstić information content (AvgIpc) is 2.90. The molecule has 0 atom stereocenters. The highest BCUT2D eigenvalue weighted by molar-refractivity contribution is 7.92. The molecule has 136 valence electrons. The molecular formula is C20H20FNO3S. The molecule has 1 heterocycles. The van der Waals surface area contributed by atoms with Crippen LogP contribution in [0, 0.1) is 12.7 Å². The van der Waals surface area contributed by atoms with Crippen LogP contribution in [0.25, 0.3) is 28.4 Å². The number of anilines is 1. The normalized spacial score (nSPS) is 12.2. The predicted octanol–water partition coefficient (Wildman–Crippen LogP) is 4.98. The summed E-state index contributed by atoms with van der Waals surface area (Å²) >= 11 is 0. The third kappa shape index (κ3) is 3.24. The molecule has 0 aliphatic heterocycles. The molecule has 0 saturated heterocycles. The van der Waals surface area contributed by atoms with Crippen molar-refractivity contribution in [1.82, 2.24) is 0 Å². The van der Waals surface area contributed by atoms with Gasteiger partial charge < -0.3 is 4.42 Å². The van der Waals surface area contributed by atoms with E-state index >= 15 is 0 Å². The minimum absolute atomic E-state index is 0.310. The molecule has 0 aliphatic rings. The molecule has 0 radical (unpaired) electrons. The lowest BCUT2D eigenvalue weighted by Gasteiger charge is -2.19. The minimum atomic E-state index is -3.41. The Bertz CT molecular complexity index is 1100. The number of halogens is 1. The van der Waals surface area contributed by atoms with Gasteiger partial charge in [0.2, 0.25) is 10.0 Å². The number of nitrogens with zero attached hydrogens (tertiary/aromatic N) is 1. The zero-order valence-corrected chi connectivity index (χ0v) is 15.9. The number of fused-ring (bicyclic) bond motifs is 1. The van der Waals surface area contributed by atoms with Crippen LogP contribution < -0.4 is 4.31 Å². The fraction of sp³-hybridized carbons (Fsp3) is 0.200. The zero-order valence-electron chi connectivity index (χ0n) is 15.1. The summed E-state index contributed by atoms with van der Waals surface area (Å²) in [5.41, 5.74) is 3.59. The Labute approximate surface area is 152 Å². The van der Waals surface area contributed by atoms with E-state index in [2.05, 4.69) is 0 Å². The van der Waals surface area contributed by atoms with Gasteiger partial charge in [0.15, 0.2) is 0 Å². The molecule has 3 rings (SSSR count). The van der Waals surface area contributed by atoms with E-state index in [0.717, 1.165) is 28.3 Å². The van der Waals surface area contributed by atoms with Gasteiger partial charge in [-0.05, 0) is 49.7 Å². The van der Waals surface area contributed by atoms with Crippen molar-refractivity contribution in [3.63, 3.8) is 0 Å². The molecule has 4 nitrogen and oxygen atoms in total. The molecule has 0 fully saturated rings. The summed E-state index contributed by atoms with van der Waals surface area (Å²) in [5.74, 6) is 0.334. The van der Waals surface area contributed by atoms with Crippen molar-refractivity contribution in [2.75, 3.05) is 17.6 Å². The largest absolute Gasteiger partial charge is 0.456 e. The van der Waals surface area contributed by atoms with Crippen LogP contribution in [0.2, 0.25) is 0 Å². The van der Waals surface area contributed by atoms with Gasteiger partial charge in [-0.3, -0.25) is 4.31 Å². The lowest BCUT2D eigenvalue weighted by Crippen LogP contribution is -2.25. The molecule has 2 aromatic carbocycles. The third-order valence-corrected chi connectivity index (χ3v) is 5.57. The zero-order chi connectivity index (χ0) is 19.1. The Kier molecular flexibility index (Phi) is 4.63.